The minimum Gasteiger partial charge on any atom is -0.497 e. The third-order valence-electron chi connectivity index (χ3n) is 3.66. The van der Waals surface area contributed by atoms with E-state index in [0.29, 0.717) is 15.8 Å². The number of ether oxygens (including phenoxy) is 1. The van der Waals surface area contributed by atoms with Gasteiger partial charge in [-0.05, 0) is 30.3 Å². The van der Waals surface area contributed by atoms with Crippen LogP contribution < -0.4 is 10.1 Å². The fraction of sp³-hybridized carbons (Fsp3) is 0.211. The molecule has 0 saturated heterocycles. The Morgan fingerprint density at radius 3 is 2.50 bits per heavy atom. The van der Waals surface area contributed by atoms with Crippen molar-refractivity contribution >= 4 is 46.2 Å². The van der Waals surface area contributed by atoms with Crippen molar-refractivity contribution in [3.8, 4) is 5.75 Å². The molecule has 0 spiro atoms. The SMILES string of the molecule is CN=C(c1ccc(Cl)cc1)c1cc(OC)ccc1NC(=S)CCC(=O)O. The van der Waals surface area contributed by atoms with Crippen molar-refractivity contribution in [2.45, 2.75) is 12.8 Å². The van der Waals surface area contributed by atoms with Gasteiger partial charge in [-0.3, -0.25) is 9.79 Å². The minimum absolute atomic E-state index is 0.0246. The van der Waals surface area contributed by atoms with Crippen LogP contribution in [0.1, 0.15) is 24.0 Å². The number of methoxy groups -OCH3 is 1. The molecule has 0 aliphatic carbocycles. The summed E-state index contributed by atoms with van der Waals surface area (Å²) in [7, 11) is 3.30. The largest absolute Gasteiger partial charge is 0.497 e. The Morgan fingerprint density at radius 1 is 1.23 bits per heavy atom. The number of nitrogens with zero attached hydrogens (tertiary/aromatic N) is 1. The average Bonchev–Trinajstić information content (AvgIpc) is 2.63. The van der Waals surface area contributed by atoms with Crippen molar-refractivity contribution in [1.29, 1.82) is 0 Å². The molecule has 0 atom stereocenters. The molecule has 0 radical (unpaired) electrons. The second-order valence-corrected chi connectivity index (χ2v) is 6.36. The molecule has 26 heavy (non-hydrogen) atoms. The van der Waals surface area contributed by atoms with Crippen LogP contribution in [0.2, 0.25) is 5.02 Å². The Hall–Kier alpha value is -2.44. The number of hydrogen-bond donors (Lipinski definition) is 2. The first-order chi connectivity index (χ1) is 12.4. The summed E-state index contributed by atoms with van der Waals surface area (Å²) >= 11 is 11.2. The summed E-state index contributed by atoms with van der Waals surface area (Å²) in [6.45, 7) is 0. The monoisotopic (exact) mass is 390 g/mol. The maximum atomic E-state index is 10.7. The molecule has 0 saturated carbocycles. The number of benzene rings is 2. The standard InChI is InChI=1S/C19H19ClN2O3S/c1-21-19(12-3-5-13(20)6-4-12)15-11-14(25-2)7-8-16(15)22-17(26)9-10-18(23)24/h3-8,11H,9-10H2,1-2H3,(H,22,26)(H,23,24). The van der Waals surface area contributed by atoms with Gasteiger partial charge in [0.15, 0.2) is 0 Å². The van der Waals surface area contributed by atoms with Gasteiger partial charge >= 0.3 is 5.97 Å². The highest BCUT2D eigenvalue weighted by Crippen LogP contribution is 2.26. The average molecular weight is 391 g/mol. The zero-order valence-corrected chi connectivity index (χ0v) is 16.0. The van der Waals surface area contributed by atoms with E-state index in [1.165, 1.54) is 0 Å². The first-order valence-electron chi connectivity index (χ1n) is 7.87. The van der Waals surface area contributed by atoms with Crippen molar-refractivity contribution in [3.05, 3.63) is 58.6 Å². The van der Waals surface area contributed by atoms with E-state index in [-0.39, 0.29) is 12.8 Å². The highest BCUT2D eigenvalue weighted by molar-refractivity contribution is 7.80. The maximum absolute atomic E-state index is 10.7. The molecule has 2 rings (SSSR count). The lowest BCUT2D eigenvalue weighted by atomic mass is 10.00. The van der Waals surface area contributed by atoms with Crippen LogP contribution in [-0.2, 0) is 4.79 Å². The van der Waals surface area contributed by atoms with Crippen LogP contribution in [0.4, 0.5) is 5.69 Å². The van der Waals surface area contributed by atoms with Gasteiger partial charge in [0.2, 0.25) is 0 Å². The Morgan fingerprint density at radius 2 is 1.92 bits per heavy atom. The number of rotatable bonds is 7. The van der Waals surface area contributed by atoms with E-state index < -0.39 is 5.97 Å². The molecule has 0 aromatic heterocycles. The number of aliphatic imine (C=N–C) groups is 1. The lowest BCUT2D eigenvalue weighted by Gasteiger charge is -2.16. The molecule has 0 heterocycles. The summed E-state index contributed by atoms with van der Waals surface area (Å²) in [5.74, 6) is -0.210. The molecule has 136 valence electrons. The molecule has 0 bridgehead atoms. The van der Waals surface area contributed by atoms with Crippen molar-refractivity contribution in [2.75, 3.05) is 19.5 Å². The lowest BCUT2D eigenvalue weighted by Crippen LogP contribution is -2.15. The topological polar surface area (TPSA) is 70.9 Å². The first-order valence-corrected chi connectivity index (χ1v) is 8.66. The summed E-state index contributed by atoms with van der Waals surface area (Å²) in [6, 6.07) is 12.9. The van der Waals surface area contributed by atoms with E-state index in [2.05, 4.69) is 10.3 Å². The number of carboxylic acid groups (broad SMARTS) is 1. The zero-order chi connectivity index (χ0) is 19.1. The lowest BCUT2D eigenvalue weighted by molar-refractivity contribution is -0.136. The van der Waals surface area contributed by atoms with Gasteiger partial charge in [0.05, 0.1) is 24.2 Å². The summed E-state index contributed by atoms with van der Waals surface area (Å²) < 4.78 is 5.33. The predicted molar refractivity (Wildman–Crippen MR) is 109 cm³/mol. The fourth-order valence-corrected chi connectivity index (χ4v) is 2.74. The zero-order valence-electron chi connectivity index (χ0n) is 14.5. The Bertz CT molecular complexity index is 835. The molecular weight excluding hydrogens is 372 g/mol. The van der Waals surface area contributed by atoms with E-state index in [1.807, 2.05) is 24.3 Å². The van der Waals surface area contributed by atoms with Gasteiger partial charge in [0.25, 0.3) is 0 Å². The molecule has 0 fully saturated rings. The molecule has 0 aliphatic heterocycles. The van der Waals surface area contributed by atoms with Crippen molar-refractivity contribution in [1.82, 2.24) is 0 Å². The van der Waals surface area contributed by atoms with Crippen LogP contribution in [-0.4, -0.2) is 35.9 Å². The summed E-state index contributed by atoms with van der Waals surface area (Å²) in [4.78, 5) is 15.6. The number of carbonyl (C=O) groups is 1. The molecule has 2 aromatic rings. The fourth-order valence-electron chi connectivity index (χ4n) is 2.40. The van der Waals surface area contributed by atoms with Crippen molar-refractivity contribution < 1.29 is 14.6 Å². The third kappa shape index (κ3) is 5.28. The quantitative estimate of drug-likeness (QED) is 0.541. The van der Waals surface area contributed by atoms with Crippen LogP contribution in [0.25, 0.3) is 0 Å². The Labute approximate surface area is 162 Å². The summed E-state index contributed by atoms with van der Waals surface area (Å²) in [5.41, 5.74) is 3.16. The van der Waals surface area contributed by atoms with Crippen molar-refractivity contribution in [2.24, 2.45) is 4.99 Å². The van der Waals surface area contributed by atoms with E-state index in [1.54, 1.807) is 32.4 Å². The van der Waals surface area contributed by atoms with Gasteiger partial charge in [-0.15, -0.1) is 0 Å². The van der Waals surface area contributed by atoms with Gasteiger partial charge < -0.3 is 15.2 Å². The number of nitrogens with one attached hydrogen (secondary N) is 1. The number of carboxylic acids is 1. The summed E-state index contributed by atoms with van der Waals surface area (Å²) in [5, 5.41) is 12.6. The molecule has 5 nitrogen and oxygen atoms in total. The van der Waals surface area contributed by atoms with E-state index in [9.17, 15) is 4.79 Å². The molecule has 7 heteroatoms. The highest BCUT2D eigenvalue weighted by atomic mass is 35.5. The van der Waals surface area contributed by atoms with Crippen molar-refractivity contribution in [3.63, 3.8) is 0 Å². The number of aliphatic carboxylic acids is 1. The van der Waals surface area contributed by atoms with Gasteiger partial charge in [0, 0.05) is 35.3 Å². The highest BCUT2D eigenvalue weighted by Gasteiger charge is 2.14. The van der Waals surface area contributed by atoms with Crippen LogP contribution >= 0.6 is 23.8 Å². The smallest absolute Gasteiger partial charge is 0.303 e. The van der Waals surface area contributed by atoms with E-state index >= 15 is 0 Å². The molecular formula is C19H19ClN2O3S. The molecule has 0 unspecified atom stereocenters. The van der Waals surface area contributed by atoms with Gasteiger partial charge in [-0.2, -0.15) is 0 Å². The number of thiocarbonyl (C=S) groups is 1. The van der Waals surface area contributed by atoms with Crippen LogP contribution in [0.5, 0.6) is 5.75 Å². The van der Waals surface area contributed by atoms with E-state index in [0.717, 1.165) is 22.5 Å². The van der Waals surface area contributed by atoms with Crippen LogP contribution in [0.15, 0.2) is 47.5 Å². The number of anilines is 1. The molecule has 2 N–H and O–H groups in total. The maximum Gasteiger partial charge on any atom is 0.303 e. The molecule has 0 aliphatic rings. The van der Waals surface area contributed by atoms with Crippen LogP contribution in [0.3, 0.4) is 0 Å². The van der Waals surface area contributed by atoms with Gasteiger partial charge in [-0.25, -0.2) is 0 Å². The van der Waals surface area contributed by atoms with E-state index in [4.69, 9.17) is 33.7 Å². The van der Waals surface area contributed by atoms with Crippen LogP contribution in [0, 0.1) is 0 Å². The molecule has 2 aromatic carbocycles. The third-order valence-corrected chi connectivity index (χ3v) is 4.22. The van der Waals surface area contributed by atoms with Gasteiger partial charge in [0.1, 0.15) is 5.75 Å². The second kappa shape index (κ2) is 9.31. The summed E-state index contributed by atoms with van der Waals surface area (Å²) in [6.07, 6.45) is 0.235. The molecule has 0 amide bonds. The Kier molecular flexibility index (Phi) is 7.12. The number of hydrogen-bond acceptors (Lipinski definition) is 4. The minimum atomic E-state index is -0.888. The normalized spacial score (nSPS) is 11.1. The Balaban J connectivity index is 2.39. The number of halogens is 1. The first kappa shape index (κ1) is 19.9. The van der Waals surface area contributed by atoms with Gasteiger partial charge in [-0.1, -0.05) is 36.0 Å². The predicted octanol–water partition coefficient (Wildman–Crippen LogP) is 4.42. The second-order valence-electron chi connectivity index (χ2n) is 5.43.